The molecule has 0 aromatic heterocycles. The molecule has 2 heterocycles. The van der Waals surface area contributed by atoms with Crippen LogP contribution in [0.2, 0.25) is 5.02 Å². The maximum Gasteiger partial charge on any atom is 0.242 e. The molecule has 2 aliphatic heterocycles. The van der Waals surface area contributed by atoms with E-state index in [0.29, 0.717) is 17.5 Å². The Morgan fingerprint density at radius 1 is 1.12 bits per heavy atom. The zero-order valence-corrected chi connectivity index (χ0v) is 15.5. The van der Waals surface area contributed by atoms with Crippen LogP contribution in [-0.4, -0.2) is 48.9 Å². The second kappa shape index (κ2) is 8.09. The van der Waals surface area contributed by atoms with Crippen molar-refractivity contribution >= 4 is 29.1 Å². The molecule has 2 aliphatic rings. The molecule has 2 fully saturated rings. The summed E-state index contributed by atoms with van der Waals surface area (Å²) in [6.45, 7) is 4.83. The van der Waals surface area contributed by atoms with Crippen molar-refractivity contribution in [3.8, 4) is 0 Å². The number of amides is 2. The first-order chi connectivity index (χ1) is 12.0. The summed E-state index contributed by atoms with van der Waals surface area (Å²) in [5.41, 5.74) is 1.05. The van der Waals surface area contributed by atoms with Crippen LogP contribution in [0, 0.1) is 5.92 Å². The monoisotopic (exact) mass is 363 g/mol. The van der Waals surface area contributed by atoms with Gasteiger partial charge in [-0.2, -0.15) is 0 Å². The summed E-state index contributed by atoms with van der Waals surface area (Å²) in [7, 11) is 0. The Bertz CT molecular complexity index is 612. The molecule has 6 heteroatoms. The number of halogens is 1. The number of carbonyl (C=O) groups is 2. The van der Waals surface area contributed by atoms with Crippen LogP contribution in [0.1, 0.15) is 32.6 Å². The van der Waals surface area contributed by atoms with E-state index in [2.05, 4.69) is 10.2 Å². The van der Waals surface area contributed by atoms with Crippen molar-refractivity contribution in [2.75, 3.05) is 31.1 Å². The highest BCUT2D eigenvalue weighted by Crippen LogP contribution is 2.27. The predicted octanol–water partition coefficient (Wildman–Crippen LogP) is 2.68. The summed E-state index contributed by atoms with van der Waals surface area (Å²) in [4.78, 5) is 28.1. The van der Waals surface area contributed by atoms with Crippen LogP contribution in [-0.2, 0) is 9.59 Å². The first-order valence-corrected chi connectivity index (χ1v) is 9.48. The molecule has 2 saturated heterocycles. The largest absolute Gasteiger partial charge is 0.360 e. The number of rotatable bonds is 4. The molecule has 0 radical (unpaired) electrons. The van der Waals surface area contributed by atoms with E-state index in [1.54, 1.807) is 6.92 Å². The van der Waals surface area contributed by atoms with Gasteiger partial charge in [-0.25, -0.2) is 0 Å². The Morgan fingerprint density at radius 2 is 1.80 bits per heavy atom. The van der Waals surface area contributed by atoms with Crippen LogP contribution in [0.3, 0.4) is 0 Å². The standard InChI is InChI=1S/C19H26ClN3O2/c1-14(24)22-11-8-15(9-12-22)13-21-19(25)18-3-2-10-23(18)17-6-4-16(20)5-7-17/h4-7,15,18H,2-3,8-13H2,1H3,(H,21,25). The van der Waals surface area contributed by atoms with Gasteiger partial charge in [0.1, 0.15) is 6.04 Å². The molecule has 5 nitrogen and oxygen atoms in total. The van der Waals surface area contributed by atoms with E-state index in [4.69, 9.17) is 11.6 Å². The molecule has 2 amide bonds. The number of carbonyl (C=O) groups excluding carboxylic acids is 2. The van der Waals surface area contributed by atoms with Gasteiger partial charge in [0, 0.05) is 43.8 Å². The lowest BCUT2D eigenvalue weighted by Crippen LogP contribution is -2.46. The Hall–Kier alpha value is -1.75. The van der Waals surface area contributed by atoms with Crippen molar-refractivity contribution in [1.29, 1.82) is 0 Å². The van der Waals surface area contributed by atoms with Gasteiger partial charge in [0.05, 0.1) is 0 Å². The zero-order valence-electron chi connectivity index (χ0n) is 14.7. The smallest absolute Gasteiger partial charge is 0.242 e. The Labute approximate surface area is 154 Å². The number of nitrogens with one attached hydrogen (secondary N) is 1. The third-order valence-electron chi connectivity index (χ3n) is 5.34. The van der Waals surface area contributed by atoms with E-state index in [9.17, 15) is 9.59 Å². The fraction of sp³-hybridized carbons (Fsp3) is 0.579. The molecule has 0 aliphatic carbocycles. The number of piperidine rings is 1. The van der Waals surface area contributed by atoms with Gasteiger partial charge in [-0.15, -0.1) is 0 Å². The Morgan fingerprint density at radius 3 is 2.44 bits per heavy atom. The van der Waals surface area contributed by atoms with Crippen molar-refractivity contribution in [1.82, 2.24) is 10.2 Å². The van der Waals surface area contributed by atoms with Gasteiger partial charge in [-0.3, -0.25) is 9.59 Å². The van der Waals surface area contributed by atoms with Gasteiger partial charge in [-0.05, 0) is 55.9 Å². The minimum atomic E-state index is -0.0986. The minimum absolute atomic E-state index is 0.0986. The lowest BCUT2D eigenvalue weighted by atomic mass is 9.96. The fourth-order valence-corrected chi connectivity index (χ4v) is 3.92. The lowest BCUT2D eigenvalue weighted by molar-refractivity contribution is -0.130. The molecule has 1 N–H and O–H groups in total. The average Bonchev–Trinajstić information content (AvgIpc) is 3.10. The summed E-state index contributed by atoms with van der Waals surface area (Å²) in [6.07, 6.45) is 3.84. The van der Waals surface area contributed by atoms with Crippen molar-refractivity contribution in [3.63, 3.8) is 0 Å². The summed E-state index contributed by atoms with van der Waals surface area (Å²) in [6, 6.07) is 7.59. The second-order valence-electron chi connectivity index (χ2n) is 7.02. The van der Waals surface area contributed by atoms with Gasteiger partial charge in [-0.1, -0.05) is 11.6 Å². The van der Waals surface area contributed by atoms with Crippen molar-refractivity contribution in [3.05, 3.63) is 29.3 Å². The molecule has 1 aromatic carbocycles. The van der Waals surface area contributed by atoms with E-state index in [0.717, 1.165) is 51.0 Å². The molecule has 0 bridgehead atoms. The topological polar surface area (TPSA) is 52.7 Å². The SMILES string of the molecule is CC(=O)N1CCC(CNC(=O)C2CCCN2c2ccc(Cl)cc2)CC1. The van der Waals surface area contributed by atoms with Crippen LogP contribution in [0.15, 0.2) is 24.3 Å². The first-order valence-electron chi connectivity index (χ1n) is 9.10. The summed E-state index contributed by atoms with van der Waals surface area (Å²) < 4.78 is 0. The number of hydrogen-bond donors (Lipinski definition) is 1. The summed E-state index contributed by atoms with van der Waals surface area (Å²) >= 11 is 5.96. The van der Waals surface area contributed by atoms with Crippen molar-refractivity contribution < 1.29 is 9.59 Å². The van der Waals surface area contributed by atoms with Gasteiger partial charge in [0.15, 0.2) is 0 Å². The number of nitrogens with zero attached hydrogens (tertiary/aromatic N) is 2. The van der Waals surface area contributed by atoms with Gasteiger partial charge < -0.3 is 15.1 Å². The quantitative estimate of drug-likeness (QED) is 0.894. The van der Waals surface area contributed by atoms with Crippen LogP contribution >= 0.6 is 11.6 Å². The molecule has 1 aromatic rings. The third kappa shape index (κ3) is 4.46. The molecule has 25 heavy (non-hydrogen) atoms. The van der Waals surface area contributed by atoms with Crippen molar-refractivity contribution in [2.45, 2.75) is 38.6 Å². The fourth-order valence-electron chi connectivity index (χ4n) is 3.80. The zero-order chi connectivity index (χ0) is 17.8. The number of anilines is 1. The van der Waals surface area contributed by atoms with Crippen molar-refractivity contribution in [2.24, 2.45) is 5.92 Å². The highest BCUT2D eigenvalue weighted by atomic mass is 35.5. The van der Waals surface area contributed by atoms with E-state index in [-0.39, 0.29) is 17.9 Å². The van der Waals surface area contributed by atoms with E-state index < -0.39 is 0 Å². The predicted molar refractivity (Wildman–Crippen MR) is 99.8 cm³/mol. The number of likely N-dealkylation sites (tertiary alicyclic amines) is 1. The van der Waals surface area contributed by atoms with Crippen LogP contribution in [0.5, 0.6) is 0 Å². The van der Waals surface area contributed by atoms with Crippen LogP contribution < -0.4 is 10.2 Å². The van der Waals surface area contributed by atoms with Crippen LogP contribution in [0.25, 0.3) is 0 Å². The molecule has 1 atom stereocenters. The molecule has 0 spiro atoms. The molecule has 3 rings (SSSR count). The normalized spacial score (nSPS) is 21.4. The molecular weight excluding hydrogens is 338 g/mol. The molecule has 136 valence electrons. The van der Waals surface area contributed by atoms with E-state index >= 15 is 0 Å². The Balaban J connectivity index is 1.51. The maximum atomic E-state index is 12.7. The van der Waals surface area contributed by atoms with Crippen LogP contribution in [0.4, 0.5) is 5.69 Å². The van der Waals surface area contributed by atoms with E-state index in [1.165, 1.54) is 0 Å². The molecule has 0 saturated carbocycles. The van der Waals surface area contributed by atoms with Gasteiger partial charge in [0.25, 0.3) is 0 Å². The molecule has 1 unspecified atom stereocenters. The second-order valence-corrected chi connectivity index (χ2v) is 7.46. The third-order valence-corrected chi connectivity index (χ3v) is 5.59. The summed E-state index contributed by atoms with van der Waals surface area (Å²) in [5, 5.41) is 3.85. The highest BCUT2D eigenvalue weighted by Gasteiger charge is 2.31. The van der Waals surface area contributed by atoms with Gasteiger partial charge in [0.2, 0.25) is 11.8 Å². The number of hydrogen-bond acceptors (Lipinski definition) is 3. The summed E-state index contributed by atoms with van der Waals surface area (Å²) in [5.74, 6) is 0.721. The highest BCUT2D eigenvalue weighted by molar-refractivity contribution is 6.30. The number of benzene rings is 1. The Kier molecular flexibility index (Phi) is 5.84. The average molecular weight is 364 g/mol. The lowest BCUT2D eigenvalue weighted by Gasteiger charge is -2.32. The van der Waals surface area contributed by atoms with Gasteiger partial charge >= 0.3 is 0 Å². The minimum Gasteiger partial charge on any atom is -0.360 e. The first kappa shape index (κ1) is 18.1. The van der Waals surface area contributed by atoms with E-state index in [1.807, 2.05) is 29.2 Å². The molecular formula is C19H26ClN3O2. The maximum absolute atomic E-state index is 12.7.